The molecular weight excluding hydrogens is 534 g/mol. The van der Waals surface area contributed by atoms with Crippen molar-refractivity contribution in [2.75, 3.05) is 0 Å². The Labute approximate surface area is 173 Å². The first-order chi connectivity index (χ1) is 12.9. The summed E-state index contributed by atoms with van der Waals surface area (Å²) in [6, 6.07) is 8.23. The molecule has 28 heavy (non-hydrogen) atoms. The molecule has 12 heteroatoms. The van der Waals surface area contributed by atoms with E-state index in [1.165, 1.54) is 12.1 Å². The first-order valence-corrected chi connectivity index (χ1v) is 10.5. The zero-order valence-corrected chi connectivity index (χ0v) is 17.5. The molecule has 0 radical (unpaired) electrons. The average Bonchev–Trinajstić information content (AvgIpc) is 3.01. The van der Waals surface area contributed by atoms with Gasteiger partial charge < -0.3 is 0 Å². The van der Waals surface area contributed by atoms with Crippen LogP contribution in [-0.4, -0.2) is 18.2 Å². The zero-order chi connectivity index (χ0) is 20.9. The topological polar surface area (TPSA) is 78.0 Å². The fourth-order valence-corrected chi connectivity index (χ4v) is 3.63. The van der Waals surface area contributed by atoms with E-state index in [1.54, 1.807) is 6.07 Å². The van der Waals surface area contributed by atoms with Crippen molar-refractivity contribution in [2.24, 2.45) is 5.14 Å². The van der Waals surface area contributed by atoms with E-state index in [4.69, 9.17) is 5.14 Å². The van der Waals surface area contributed by atoms with Crippen LogP contribution in [0.5, 0.6) is 0 Å². The monoisotopic (exact) mass is 541 g/mol. The summed E-state index contributed by atoms with van der Waals surface area (Å²) in [5.41, 5.74) is -0.998. The van der Waals surface area contributed by atoms with E-state index in [2.05, 4.69) is 37.0 Å². The molecule has 3 aromatic rings. The Morgan fingerprint density at radius 1 is 1.00 bits per heavy atom. The molecule has 5 nitrogen and oxygen atoms in total. The van der Waals surface area contributed by atoms with Gasteiger partial charge in [0.15, 0.2) is 5.69 Å². The molecule has 148 valence electrons. The third-order valence-electron chi connectivity index (χ3n) is 3.68. The molecule has 0 spiro atoms. The molecule has 0 fully saturated rings. The number of rotatable bonds is 3. The van der Waals surface area contributed by atoms with Gasteiger partial charge in [0, 0.05) is 14.5 Å². The fraction of sp³-hybridized carbons (Fsp3) is 0.0625. The molecule has 0 atom stereocenters. The maximum absolute atomic E-state index is 14.2. The van der Waals surface area contributed by atoms with Gasteiger partial charge in [0.05, 0.1) is 11.4 Å². The smallest absolute Gasteiger partial charge is 0.232 e. The quantitative estimate of drug-likeness (QED) is 0.480. The summed E-state index contributed by atoms with van der Waals surface area (Å²) >= 11 is 6.53. The average molecular weight is 543 g/mol. The van der Waals surface area contributed by atoms with Crippen molar-refractivity contribution >= 4 is 41.9 Å². The molecule has 0 amide bonds. The Kier molecular flexibility index (Phi) is 5.42. The Morgan fingerprint density at radius 3 is 2.21 bits per heavy atom. The largest absolute Gasteiger partial charge is 0.435 e. The summed E-state index contributed by atoms with van der Waals surface area (Å²) in [4.78, 5) is -0.759. The number of aromatic nitrogens is 2. The molecule has 0 aliphatic heterocycles. The maximum Gasteiger partial charge on any atom is 0.435 e. The number of nitrogens with zero attached hydrogens (tertiary/aromatic N) is 2. The predicted octanol–water partition coefficient (Wildman–Crippen LogP) is 4.87. The summed E-state index contributed by atoms with van der Waals surface area (Å²) in [6.45, 7) is 0. The molecule has 0 unspecified atom stereocenters. The molecule has 0 saturated heterocycles. The molecule has 2 aromatic carbocycles. The van der Waals surface area contributed by atoms with Gasteiger partial charge in [-0.05, 0) is 68.3 Å². The molecule has 1 heterocycles. The number of alkyl halides is 3. The van der Waals surface area contributed by atoms with Crippen LogP contribution in [0.25, 0.3) is 16.9 Å². The van der Waals surface area contributed by atoms with Gasteiger partial charge >= 0.3 is 6.18 Å². The van der Waals surface area contributed by atoms with Gasteiger partial charge in [0.25, 0.3) is 0 Å². The Bertz CT molecular complexity index is 1180. The lowest BCUT2D eigenvalue weighted by Gasteiger charge is -2.10. The van der Waals surface area contributed by atoms with Crippen molar-refractivity contribution in [1.82, 2.24) is 9.78 Å². The number of hydrogen-bond acceptors (Lipinski definition) is 3. The number of benzene rings is 2. The SMILES string of the molecule is NS(=O)(=O)c1ccc(-c2cc(C(F)(F)F)nn2-c2ccc(Br)c(Br)c2)cc1F. The van der Waals surface area contributed by atoms with Crippen molar-refractivity contribution in [3.05, 3.63) is 62.9 Å². The first-order valence-electron chi connectivity index (χ1n) is 7.33. The maximum atomic E-state index is 14.2. The zero-order valence-electron chi connectivity index (χ0n) is 13.5. The highest BCUT2D eigenvalue weighted by molar-refractivity contribution is 9.13. The van der Waals surface area contributed by atoms with Gasteiger partial charge in [-0.2, -0.15) is 18.3 Å². The van der Waals surface area contributed by atoms with E-state index in [0.717, 1.165) is 28.9 Å². The van der Waals surface area contributed by atoms with E-state index >= 15 is 0 Å². The van der Waals surface area contributed by atoms with Gasteiger partial charge in [0.1, 0.15) is 10.7 Å². The van der Waals surface area contributed by atoms with Crippen LogP contribution in [0.3, 0.4) is 0 Å². The number of halogens is 6. The van der Waals surface area contributed by atoms with Crippen molar-refractivity contribution in [1.29, 1.82) is 0 Å². The minimum Gasteiger partial charge on any atom is -0.232 e. The predicted molar refractivity (Wildman–Crippen MR) is 101 cm³/mol. The lowest BCUT2D eigenvalue weighted by Crippen LogP contribution is -2.14. The minimum atomic E-state index is -4.73. The normalized spacial score (nSPS) is 12.4. The standard InChI is InChI=1S/C16H9Br2F4N3O2S/c17-10-3-2-9(6-11(10)18)25-13(7-15(24-25)16(20,21)22)8-1-4-14(12(19)5-8)28(23,26)27/h1-7H,(H2,23,26,27). The molecule has 3 rings (SSSR count). The van der Waals surface area contributed by atoms with Gasteiger partial charge in [-0.15, -0.1) is 0 Å². The van der Waals surface area contributed by atoms with Crippen LogP contribution in [0.4, 0.5) is 17.6 Å². The number of nitrogens with two attached hydrogens (primary N) is 1. The molecule has 0 saturated carbocycles. The molecule has 0 aliphatic carbocycles. The van der Waals surface area contributed by atoms with Gasteiger partial charge in [-0.25, -0.2) is 22.6 Å². The van der Waals surface area contributed by atoms with E-state index in [1.807, 2.05) is 0 Å². The van der Waals surface area contributed by atoms with Crippen LogP contribution in [0, 0.1) is 5.82 Å². The summed E-state index contributed by atoms with van der Waals surface area (Å²) in [6.07, 6.45) is -4.73. The Morgan fingerprint density at radius 2 is 1.68 bits per heavy atom. The third-order valence-corrected chi connectivity index (χ3v) is 6.51. The van der Waals surface area contributed by atoms with Crippen LogP contribution >= 0.6 is 31.9 Å². The van der Waals surface area contributed by atoms with E-state index < -0.39 is 32.6 Å². The minimum absolute atomic E-state index is 0.00746. The molecule has 1 aromatic heterocycles. The van der Waals surface area contributed by atoms with Crippen molar-refractivity contribution in [2.45, 2.75) is 11.1 Å². The summed E-state index contributed by atoms with van der Waals surface area (Å²) in [7, 11) is -4.31. The van der Waals surface area contributed by atoms with E-state index in [0.29, 0.717) is 8.95 Å². The molecule has 2 N–H and O–H groups in total. The van der Waals surface area contributed by atoms with Crippen LogP contribution in [0.2, 0.25) is 0 Å². The molecular formula is C16H9Br2F4N3O2S. The van der Waals surface area contributed by atoms with Crippen molar-refractivity contribution in [3.63, 3.8) is 0 Å². The van der Waals surface area contributed by atoms with Gasteiger partial charge in [0.2, 0.25) is 10.0 Å². The second-order valence-corrected chi connectivity index (χ2v) is 8.85. The Balaban J connectivity index is 2.24. The number of hydrogen-bond donors (Lipinski definition) is 1. The lowest BCUT2D eigenvalue weighted by atomic mass is 10.1. The molecule has 0 aliphatic rings. The highest BCUT2D eigenvalue weighted by Crippen LogP contribution is 2.35. The third kappa shape index (κ3) is 4.14. The van der Waals surface area contributed by atoms with Gasteiger partial charge in [-0.3, -0.25) is 0 Å². The van der Waals surface area contributed by atoms with Crippen LogP contribution < -0.4 is 5.14 Å². The second-order valence-electron chi connectivity index (χ2n) is 5.61. The highest BCUT2D eigenvalue weighted by atomic mass is 79.9. The van der Waals surface area contributed by atoms with Crippen LogP contribution in [0.1, 0.15) is 5.69 Å². The summed E-state index contributed by atoms with van der Waals surface area (Å²) in [5.74, 6) is -1.18. The lowest BCUT2D eigenvalue weighted by molar-refractivity contribution is -0.141. The number of sulfonamides is 1. The second kappa shape index (κ2) is 7.25. The van der Waals surface area contributed by atoms with E-state index in [9.17, 15) is 26.0 Å². The highest BCUT2D eigenvalue weighted by Gasteiger charge is 2.35. The Hall–Kier alpha value is -1.76. The van der Waals surface area contributed by atoms with Gasteiger partial charge in [-0.1, -0.05) is 6.07 Å². The number of primary sulfonamides is 1. The fourth-order valence-electron chi connectivity index (χ4n) is 2.43. The van der Waals surface area contributed by atoms with Crippen LogP contribution in [0.15, 0.2) is 56.3 Å². The van der Waals surface area contributed by atoms with Crippen LogP contribution in [-0.2, 0) is 16.2 Å². The molecule has 0 bridgehead atoms. The van der Waals surface area contributed by atoms with Crippen molar-refractivity contribution < 1.29 is 26.0 Å². The summed E-state index contributed by atoms with van der Waals surface area (Å²) in [5, 5.41) is 8.51. The summed E-state index contributed by atoms with van der Waals surface area (Å²) < 4.78 is 78.7. The van der Waals surface area contributed by atoms with E-state index in [-0.39, 0.29) is 16.9 Å². The van der Waals surface area contributed by atoms with Crippen molar-refractivity contribution in [3.8, 4) is 16.9 Å². The first kappa shape index (κ1) is 21.0.